The fourth-order valence-corrected chi connectivity index (χ4v) is 1.73. The molecule has 3 heteroatoms. The Kier molecular flexibility index (Phi) is 2.82. The van der Waals surface area contributed by atoms with Crippen molar-refractivity contribution < 1.29 is 8.78 Å². The van der Waals surface area contributed by atoms with Gasteiger partial charge in [0.1, 0.15) is 0 Å². The summed E-state index contributed by atoms with van der Waals surface area (Å²) in [4.78, 5) is 0. The molecular weight excluding hydrogens is 262 g/mol. The molecule has 0 aliphatic heterocycles. The van der Waals surface area contributed by atoms with Crippen molar-refractivity contribution in [3.05, 3.63) is 52.8 Å². The fraction of sp³-hybridized carbons (Fsp3) is 0. The van der Waals surface area contributed by atoms with Crippen molar-refractivity contribution in [1.82, 2.24) is 0 Å². The average Bonchev–Trinajstić information content (AvgIpc) is 2.27. The van der Waals surface area contributed by atoms with E-state index in [1.165, 1.54) is 0 Å². The molecule has 0 N–H and O–H groups in total. The van der Waals surface area contributed by atoms with E-state index in [1.807, 2.05) is 18.2 Å². The number of hydrogen-bond acceptors (Lipinski definition) is 0. The first-order chi connectivity index (χ1) is 7.20. The molecule has 0 nitrogen and oxygen atoms in total. The molecule has 0 spiro atoms. The van der Waals surface area contributed by atoms with Crippen LogP contribution in [0.5, 0.6) is 0 Å². The first-order valence-corrected chi connectivity index (χ1v) is 5.18. The van der Waals surface area contributed by atoms with Gasteiger partial charge in [0.25, 0.3) is 0 Å². The second-order valence-corrected chi connectivity index (χ2v) is 3.80. The van der Waals surface area contributed by atoms with Crippen LogP contribution in [0.1, 0.15) is 5.56 Å². The Morgan fingerprint density at radius 3 is 2.33 bits per heavy atom. The quantitative estimate of drug-likeness (QED) is 0.697. The van der Waals surface area contributed by atoms with Crippen LogP contribution < -0.4 is 0 Å². The van der Waals surface area contributed by atoms with Crippen molar-refractivity contribution in [1.29, 1.82) is 0 Å². The highest BCUT2D eigenvalue weighted by Crippen LogP contribution is 2.30. The number of fused-ring (bicyclic) bond motifs is 1. The van der Waals surface area contributed by atoms with E-state index in [2.05, 4.69) is 15.9 Å². The number of hydrogen-bond donors (Lipinski definition) is 0. The Hall–Kier alpha value is -1.22. The van der Waals surface area contributed by atoms with Crippen molar-refractivity contribution >= 4 is 32.5 Å². The average molecular weight is 269 g/mol. The highest BCUT2D eigenvalue weighted by molar-refractivity contribution is 9.11. The summed E-state index contributed by atoms with van der Waals surface area (Å²) in [6.45, 7) is 0. The minimum Gasteiger partial charge on any atom is -0.202 e. The minimum atomic E-state index is -0.973. The van der Waals surface area contributed by atoms with Gasteiger partial charge in [-0.1, -0.05) is 42.5 Å². The van der Waals surface area contributed by atoms with E-state index in [9.17, 15) is 8.78 Å². The van der Waals surface area contributed by atoms with E-state index >= 15 is 0 Å². The number of rotatable bonds is 1. The van der Waals surface area contributed by atoms with Gasteiger partial charge < -0.3 is 0 Å². The molecule has 0 fully saturated rings. The van der Waals surface area contributed by atoms with Gasteiger partial charge in [-0.25, -0.2) is 4.39 Å². The molecule has 0 aromatic heterocycles. The first kappa shape index (κ1) is 10.3. The molecule has 0 bridgehead atoms. The lowest BCUT2D eigenvalue weighted by Gasteiger charge is -2.03. The van der Waals surface area contributed by atoms with Crippen molar-refractivity contribution in [3.8, 4) is 0 Å². The summed E-state index contributed by atoms with van der Waals surface area (Å²) in [6, 6.07) is 12.4. The van der Waals surface area contributed by atoms with Crippen molar-refractivity contribution in [2.24, 2.45) is 0 Å². The molecule has 0 heterocycles. The van der Waals surface area contributed by atoms with Gasteiger partial charge in [-0.2, -0.15) is 4.39 Å². The van der Waals surface area contributed by atoms with Crippen LogP contribution >= 0.6 is 15.9 Å². The van der Waals surface area contributed by atoms with Crippen molar-refractivity contribution in [3.63, 3.8) is 0 Å². The van der Waals surface area contributed by atoms with Gasteiger partial charge in [0.2, 0.25) is 4.74 Å². The second kappa shape index (κ2) is 4.11. The van der Waals surface area contributed by atoms with Crippen LogP contribution in [0.2, 0.25) is 0 Å². The van der Waals surface area contributed by atoms with Gasteiger partial charge in [-0.05, 0) is 26.7 Å². The molecule has 2 aromatic rings. The van der Waals surface area contributed by atoms with Gasteiger partial charge in [-0.3, -0.25) is 0 Å². The Morgan fingerprint density at radius 2 is 1.60 bits per heavy atom. The fourth-order valence-electron chi connectivity index (χ4n) is 1.52. The third-order valence-electron chi connectivity index (χ3n) is 2.19. The first-order valence-electron chi connectivity index (χ1n) is 4.39. The van der Waals surface area contributed by atoms with E-state index in [4.69, 9.17) is 0 Å². The lowest BCUT2D eigenvalue weighted by molar-refractivity contribution is 0.659. The highest BCUT2D eigenvalue weighted by atomic mass is 79.9. The summed E-state index contributed by atoms with van der Waals surface area (Å²) < 4.78 is 25.2. The highest BCUT2D eigenvalue weighted by Gasteiger charge is 2.09. The SMILES string of the molecule is F/C(Br)=C(\F)c1cccc2ccccc12. The molecule has 0 saturated carbocycles. The lowest BCUT2D eigenvalue weighted by atomic mass is 10.0. The van der Waals surface area contributed by atoms with E-state index in [0.29, 0.717) is 5.39 Å². The van der Waals surface area contributed by atoms with E-state index in [1.54, 1.807) is 24.3 Å². The molecule has 0 radical (unpaired) electrons. The zero-order valence-corrected chi connectivity index (χ0v) is 9.26. The van der Waals surface area contributed by atoms with Gasteiger partial charge >= 0.3 is 0 Å². The standard InChI is InChI=1S/C12H7BrF2/c13-12(15)11(14)10-7-3-5-8-4-1-2-6-9(8)10/h1-7H/b12-11-. The summed E-state index contributed by atoms with van der Waals surface area (Å²) in [5.74, 6) is -0.869. The topological polar surface area (TPSA) is 0 Å². The number of benzene rings is 2. The third-order valence-corrected chi connectivity index (χ3v) is 2.54. The van der Waals surface area contributed by atoms with Gasteiger partial charge in [0.15, 0.2) is 5.83 Å². The monoisotopic (exact) mass is 268 g/mol. The molecule has 76 valence electrons. The molecule has 0 unspecified atom stereocenters. The van der Waals surface area contributed by atoms with Crippen LogP contribution in [0.3, 0.4) is 0 Å². The minimum absolute atomic E-state index is 0.266. The Bertz CT molecular complexity index is 523. The summed E-state index contributed by atoms with van der Waals surface area (Å²) in [6.07, 6.45) is 0. The predicted octanol–water partition coefficient (Wildman–Crippen LogP) is 4.80. The van der Waals surface area contributed by atoms with Crippen LogP contribution in [-0.4, -0.2) is 0 Å². The molecule has 2 aromatic carbocycles. The summed E-state index contributed by atoms with van der Waals surface area (Å²) >= 11 is 2.50. The van der Waals surface area contributed by atoms with Crippen molar-refractivity contribution in [2.45, 2.75) is 0 Å². The van der Waals surface area contributed by atoms with Crippen molar-refractivity contribution in [2.75, 3.05) is 0 Å². The van der Waals surface area contributed by atoms with E-state index in [0.717, 1.165) is 5.39 Å². The van der Waals surface area contributed by atoms with E-state index < -0.39 is 10.6 Å². The Balaban J connectivity index is 2.77. The normalized spacial score (nSPS) is 12.7. The lowest BCUT2D eigenvalue weighted by Crippen LogP contribution is -1.82. The maximum Gasteiger partial charge on any atom is 0.201 e. The van der Waals surface area contributed by atoms with Gasteiger partial charge in [0.05, 0.1) is 0 Å². The molecule has 0 aliphatic rings. The maximum absolute atomic E-state index is 13.4. The maximum atomic E-state index is 13.4. The zero-order valence-electron chi connectivity index (χ0n) is 7.68. The molecule has 0 aliphatic carbocycles. The van der Waals surface area contributed by atoms with Crippen LogP contribution in [0.15, 0.2) is 47.2 Å². The number of halogens is 3. The van der Waals surface area contributed by atoms with Gasteiger partial charge in [0, 0.05) is 5.56 Å². The van der Waals surface area contributed by atoms with Crippen LogP contribution in [0.25, 0.3) is 16.6 Å². The predicted molar refractivity (Wildman–Crippen MR) is 62.0 cm³/mol. The Morgan fingerprint density at radius 1 is 0.933 bits per heavy atom. The van der Waals surface area contributed by atoms with E-state index in [-0.39, 0.29) is 5.56 Å². The largest absolute Gasteiger partial charge is 0.202 e. The molecule has 2 rings (SSSR count). The molecule has 0 saturated heterocycles. The summed E-state index contributed by atoms with van der Waals surface area (Å²) in [5, 5.41) is 1.59. The van der Waals surface area contributed by atoms with Crippen LogP contribution in [-0.2, 0) is 0 Å². The second-order valence-electron chi connectivity index (χ2n) is 3.10. The molecule has 0 amide bonds. The smallest absolute Gasteiger partial charge is 0.201 e. The zero-order chi connectivity index (χ0) is 10.8. The Labute approximate surface area is 94.4 Å². The molecule has 0 atom stereocenters. The third kappa shape index (κ3) is 1.92. The van der Waals surface area contributed by atoms with Crippen LogP contribution in [0, 0.1) is 0 Å². The van der Waals surface area contributed by atoms with Crippen LogP contribution in [0.4, 0.5) is 8.78 Å². The molecular formula is C12H7BrF2. The van der Waals surface area contributed by atoms with Gasteiger partial charge in [-0.15, -0.1) is 0 Å². The summed E-state index contributed by atoms with van der Waals surface area (Å²) in [5.41, 5.74) is 0.266. The summed E-state index contributed by atoms with van der Waals surface area (Å²) in [7, 11) is 0. The molecule has 15 heavy (non-hydrogen) atoms.